The summed E-state index contributed by atoms with van der Waals surface area (Å²) < 4.78 is 9.00. The molecule has 92 valence electrons. The van der Waals surface area contributed by atoms with Gasteiger partial charge in [-0.15, -0.1) is 11.8 Å². The van der Waals surface area contributed by atoms with Gasteiger partial charge in [-0.05, 0) is 17.8 Å². The van der Waals surface area contributed by atoms with Crippen molar-refractivity contribution in [2.45, 2.75) is 18.2 Å². The summed E-state index contributed by atoms with van der Waals surface area (Å²) in [5.41, 5.74) is 5.74. The van der Waals surface area contributed by atoms with E-state index in [0.717, 1.165) is 16.4 Å². The van der Waals surface area contributed by atoms with Crippen LogP contribution in [0.25, 0.3) is 0 Å². The summed E-state index contributed by atoms with van der Waals surface area (Å²) >= 11 is 2.96. The van der Waals surface area contributed by atoms with Crippen molar-refractivity contribution in [3.63, 3.8) is 0 Å². The lowest BCUT2D eigenvalue weighted by Gasteiger charge is -2.02. The summed E-state index contributed by atoms with van der Waals surface area (Å²) in [7, 11) is 0. The Morgan fingerprint density at radius 3 is 3.00 bits per heavy atom. The third kappa shape index (κ3) is 2.89. The molecule has 3 N–H and O–H groups in total. The first-order chi connectivity index (χ1) is 8.20. The average Bonchev–Trinajstić information content (AvgIpc) is 2.86. The number of aromatic nitrogens is 3. The van der Waals surface area contributed by atoms with E-state index in [2.05, 4.69) is 19.8 Å². The number of hydrogen-bond acceptors (Lipinski definition) is 8. The van der Waals surface area contributed by atoms with Crippen molar-refractivity contribution in [2.75, 3.05) is 23.9 Å². The van der Waals surface area contributed by atoms with Gasteiger partial charge < -0.3 is 15.6 Å². The Kier molecular flexibility index (Phi) is 3.85. The summed E-state index contributed by atoms with van der Waals surface area (Å²) in [4.78, 5) is 5.13. The largest absolute Gasteiger partial charge is 0.382 e. The van der Waals surface area contributed by atoms with Crippen molar-refractivity contribution < 1.29 is 4.52 Å². The number of nitrogen functional groups attached to an aromatic ring is 1. The van der Waals surface area contributed by atoms with E-state index in [0.29, 0.717) is 24.0 Å². The van der Waals surface area contributed by atoms with Crippen LogP contribution in [-0.2, 0) is 6.42 Å². The molecule has 0 amide bonds. The van der Waals surface area contributed by atoms with Crippen LogP contribution in [0.2, 0.25) is 0 Å². The summed E-state index contributed by atoms with van der Waals surface area (Å²) in [6.45, 7) is 2.51. The van der Waals surface area contributed by atoms with Crippen LogP contribution in [0.4, 0.5) is 10.8 Å². The van der Waals surface area contributed by atoms with Crippen molar-refractivity contribution >= 4 is 34.1 Å². The molecule has 2 rings (SSSR count). The average molecular weight is 271 g/mol. The molecule has 2 aromatic heterocycles. The highest BCUT2D eigenvalue weighted by atomic mass is 32.2. The van der Waals surface area contributed by atoms with E-state index in [1.165, 1.54) is 11.5 Å². The molecule has 0 saturated carbocycles. The lowest BCUT2D eigenvalue weighted by molar-refractivity contribution is 0.387. The molecule has 2 heterocycles. The van der Waals surface area contributed by atoms with E-state index in [1.54, 1.807) is 18.7 Å². The Labute approximate surface area is 107 Å². The van der Waals surface area contributed by atoms with Gasteiger partial charge in [0.05, 0.1) is 4.90 Å². The smallest absolute Gasteiger partial charge is 0.223 e. The maximum Gasteiger partial charge on any atom is 0.223 e. The van der Waals surface area contributed by atoms with Crippen LogP contribution < -0.4 is 11.1 Å². The molecule has 2 aromatic rings. The topological polar surface area (TPSA) is 89.9 Å². The maximum absolute atomic E-state index is 5.74. The zero-order valence-electron chi connectivity index (χ0n) is 9.56. The molecule has 0 aliphatic carbocycles. The molecule has 0 atom stereocenters. The van der Waals surface area contributed by atoms with Gasteiger partial charge in [0.15, 0.2) is 11.6 Å². The van der Waals surface area contributed by atoms with Gasteiger partial charge in [0.2, 0.25) is 5.89 Å². The van der Waals surface area contributed by atoms with E-state index in [9.17, 15) is 0 Å². The zero-order valence-corrected chi connectivity index (χ0v) is 11.2. The molecular formula is C9H13N5OS2. The first-order valence-electron chi connectivity index (χ1n) is 5.03. The van der Waals surface area contributed by atoms with Gasteiger partial charge in [-0.2, -0.15) is 9.36 Å². The van der Waals surface area contributed by atoms with Crippen molar-refractivity contribution in [3.05, 3.63) is 11.7 Å². The molecule has 0 unspecified atom stereocenters. The number of nitrogens with one attached hydrogen (secondary N) is 1. The quantitative estimate of drug-likeness (QED) is 0.801. The summed E-state index contributed by atoms with van der Waals surface area (Å²) in [6, 6.07) is 0. The second kappa shape index (κ2) is 5.37. The van der Waals surface area contributed by atoms with E-state index in [4.69, 9.17) is 10.3 Å². The summed E-state index contributed by atoms with van der Waals surface area (Å²) in [5, 5.41) is 8.10. The molecule has 0 spiro atoms. The van der Waals surface area contributed by atoms with Crippen LogP contribution in [-0.4, -0.2) is 27.3 Å². The number of nitrogens with zero attached hydrogens (tertiary/aromatic N) is 3. The van der Waals surface area contributed by atoms with Crippen LogP contribution in [0.15, 0.2) is 9.42 Å². The van der Waals surface area contributed by atoms with E-state index in [-0.39, 0.29) is 0 Å². The van der Waals surface area contributed by atoms with E-state index < -0.39 is 0 Å². The molecule has 0 radical (unpaired) electrons. The Morgan fingerprint density at radius 2 is 2.35 bits per heavy atom. The van der Waals surface area contributed by atoms with E-state index in [1.807, 2.05) is 6.26 Å². The number of anilines is 2. The highest BCUT2D eigenvalue weighted by molar-refractivity contribution is 7.99. The normalized spacial score (nSPS) is 10.7. The zero-order chi connectivity index (χ0) is 12.3. The number of rotatable bonds is 5. The van der Waals surface area contributed by atoms with Gasteiger partial charge in [0.1, 0.15) is 5.00 Å². The monoisotopic (exact) mass is 271 g/mol. The Bertz CT molecular complexity index is 495. The third-order valence-electron chi connectivity index (χ3n) is 2.08. The summed E-state index contributed by atoms with van der Waals surface area (Å²) in [6.07, 6.45) is 2.69. The maximum atomic E-state index is 5.74. The van der Waals surface area contributed by atoms with Gasteiger partial charge in [0, 0.05) is 19.9 Å². The van der Waals surface area contributed by atoms with Crippen LogP contribution >= 0.6 is 23.3 Å². The van der Waals surface area contributed by atoms with Crippen molar-refractivity contribution in [1.82, 2.24) is 14.5 Å². The molecule has 0 saturated heterocycles. The number of hydrogen-bond donors (Lipinski definition) is 2. The molecule has 0 fully saturated rings. The third-order valence-corrected chi connectivity index (χ3v) is 3.85. The predicted octanol–water partition coefficient (Wildman–Crippen LogP) is 1.79. The SMILES string of the molecule is CSc1c(N)nsc1NCCc1noc(C)n1. The fourth-order valence-corrected chi connectivity index (χ4v) is 2.90. The molecule has 6 nitrogen and oxygen atoms in total. The highest BCUT2D eigenvalue weighted by Crippen LogP contribution is 2.34. The Morgan fingerprint density at radius 1 is 1.53 bits per heavy atom. The Hall–Kier alpha value is -1.28. The van der Waals surface area contributed by atoms with Gasteiger partial charge in [-0.25, -0.2) is 0 Å². The molecule has 0 aliphatic rings. The van der Waals surface area contributed by atoms with Crippen LogP contribution in [0.5, 0.6) is 0 Å². The Balaban J connectivity index is 1.89. The van der Waals surface area contributed by atoms with Crippen molar-refractivity contribution in [1.29, 1.82) is 0 Å². The van der Waals surface area contributed by atoms with Crippen LogP contribution in [0.3, 0.4) is 0 Å². The van der Waals surface area contributed by atoms with E-state index >= 15 is 0 Å². The minimum atomic E-state index is 0.584. The fourth-order valence-electron chi connectivity index (χ4n) is 1.33. The van der Waals surface area contributed by atoms with Crippen molar-refractivity contribution in [2.24, 2.45) is 0 Å². The van der Waals surface area contributed by atoms with Crippen molar-refractivity contribution in [3.8, 4) is 0 Å². The predicted molar refractivity (Wildman–Crippen MR) is 69.5 cm³/mol. The first kappa shape index (κ1) is 12.2. The molecule has 0 aromatic carbocycles. The van der Waals surface area contributed by atoms with Gasteiger partial charge >= 0.3 is 0 Å². The minimum absolute atomic E-state index is 0.584. The molecule has 8 heteroatoms. The molecule has 0 bridgehead atoms. The lowest BCUT2D eigenvalue weighted by Crippen LogP contribution is -2.05. The fraction of sp³-hybridized carbons (Fsp3) is 0.444. The highest BCUT2D eigenvalue weighted by Gasteiger charge is 2.10. The molecular weight excluding hydrogens is 258 g/mol. The van der Waals surface area contributed by atoms with Gasteiger partial charge in [-0.3, -0.25) is 0 Å². The number of thioether (sulfide) groups is 1. The first-order valence-corrected chi connectivity index (χ1v) is 7.02. The van der Waals surface area contributed by atoms with Gasteiger partial charge in [-0.1, -0.05) is 5.16 Å². The lowest BCUT2D eigenvalue weighted by atomic mass is 10.4. The minimum Gasteiger partial charge on any atom is -0.382 e. The summed E-state index contributed by atoms with van der Waals surface area (Å²) in [5.74, 6) is 1.88. The standard InChI is InChI=1S/C9H13N5OS2/c1-5-12-6(13-15-5)3-4-11-9-7(16-2)8(10)14-17-9/h11H,3-4H2,1-2H3,(H2,10,14). The van der Waals surface area contributed by atoms with Crippen LogP contribution in [0.1, 0.15) is 11.7 Å². The molecule has 17 heavy (non-hydrogen) atoms. The molecule has 0 aliphatic heterocycles. The van der Waals surface area contributed by atoms with Crippen LogP contribution in [0, 0.1) is 6.92 Å². The second-order valence-corrected chi connectivity index (χ2v) is 4.93. The van der Waals surface area contributed by atoms with Gasteiger partial charge in [0.25, 0.3) is 0 Å². The second-order valence-electron chi connectivity index (χ2n) is 3.34. The number of nitrogens with two attached hydrogens (primary N) is 1. The number of aryl methyl sites for hydroxylation is 1.